The van der Waals surface area contributed by atoms with E-state index in [4.69, 9.17) is 21.7 Å². The number of carbonyl (C=O) groups is 1. The molecule has 1 heterocycles. The monoisotopic (exact) mass is 408 g/mol. The van der Waals surface area contributed by atoms with Crippen LogP contribution in [0.1, 0.15) is 38.2 Å². The molecule has 0 atom stereocenters. The molecular weight excluding hydrogens is 384 g/mol. The van der Waals surface area contributed by atoms with Gasteiger partial charge >= 0.3 is 0 Å². The van der Waals surface area contributed by atoms with Crippen LogP contribution in [0, 0.1) is 0 Å². The Morgan fingerprint density at radius 1 is 1.14 bits per heavy atom. The number of benzene rings is 2. The minimum atomic E-state index is -0.176. The van der Waals surface area contributed by atoms with Gasteiger partial charge in [-0.1, -0.05) is 24.3 Å². The lowest BCUT2D eigenvalue weighted by atomic mass is 10.1. The van der Waals surface area contributed by atoms with E-state index in [1.165, 1.54) is 17.7 Å². The number of para-hydroxylation sites is 1. The van der Waals surface area contributed by atoms with Crippen molar-refractivity contribution in [3.63, 3.8) is 0 Å². The van der Waals surface area contributed by atoms with E-state index in [1.54, 1.807) is 6.08 Å². The fourth-order valence-electron chi connectivity index (χ4n) is 3.68. The zero-order valence-electron chi connectivity index (χ0n) is 16.4. The molecule has 2 aromatic rings. The summed E-state index contributed by atoms with van der Waals surface area (Å²) in [7, 11) is 0. The number of hydrogen-bond donors (Lipinski definition) is 1. The van der Waals surface area contributed by atoms with E-state index < -0.39 is 0 Å². The molecule has 6 heteroatoms. The zero-order chi connectivity index (χ0) is 20.2. The van der Waals surface area contributed by atoms with Gasteiger partial charge in [0.1, 0.15) is 5.70 Å². The summed E-state index contributed by atoms with van der Waals surface area (Å²) in [6, 6.07) is 15.1. The van der Waals surface area contributed by atoms with E-state index in [1.807, 2.05) is 55.5 Å². The molecule has 0 spiro atoms. The predicted octanol–water partition coefficient (Wildman–Crippen LogP) is 4.67. The molecule has 1 aliphatic carbocycles. The predicted molar refractivity (Wildman–Crippen MR) is 118 cm³/mol. The number of hydrogen-bond acceptors (Lipinski definition) is 4. The Labute approximate surface area is 176 Å². The molecule has 1 amide bonds. The third-order valence-electron chi connectivity index (χ3n) is 5.07. The number of ether oxygens (including phenoxy) is 2. The summed E-state index contributed by atoms with van der Waals surface area (Å²) in [4.78, 5) is 14.4. The van der Waals surface area contributed by atoms with Crippen LogP contribution >= 0.6 is 12.2 Å². The van der Waals surface area contributed by atoms with Gasteiger partial charge in [-0.05, 0) is 80.7 Å². The second-order valence-corrected chi connectivity index (χ2v) is 7.51. The molecule has 2 fully saturated rings. The van der Waals surface area contributed by atoms with E-state index in [0.717, 1.165) is 29.8 Å². The summed E-state index contributed by atoms with van der Waals surface area (Å²) in [5.74, 6) is 1.28. The fraction of sp³-hybridized carbons (Fsp3) is 0.304. The third kappa shape index (κ3) is 4.27. The van der Waals surface area contributed by atoms with Crippen LogP contribution in [0.4, 0.5) is 5.69 Å². The quantitative estimate of drug-likeness (QED) is 0.556. The van der Waals surface area contributed by atoms with E-state index in [9.17, 15) is 4.79 Å². The van der Waals surface area contributed by atoms with Gasteiger partial charge in [-0.3, -0.25) is 9.69 Å². The van der Waals surface area contributed by atoms with Crippen LogP contribution in [-0.4, -0.2) is 23.7 Å². The molecule has 0 radical (unpaired) electrons. The molecule has 0 unspecified atom stereocenters. The first kappa shape index (κ1) is 19.5. The van der Waals surface area contributed by atoms with Crippen LogP contribution in [0.2, 0.25) is 0 Å². The Morgan fingerprint density at radius 2 is 1.90 bits per heavy atom. The van der Waals surface area contributed by atoms with Crippen LogP contribution in [0.25, 0.3) is 6.08 Å². The average molecular weight is 409 g/mol. The van der Waals surface area contributed by atoms with Gasteiger partial charge in [-0.15, -0.1) is 0 Å². The highest BCUT2D eigenvalue weighted by molar-refractivity contribution is 7.80. The summed E-state index contributed by atoms with van der Waals surface area (Å²) in [5.41, 5.74) is 2.03. The van der Waals surface area contributed by atoms with Gasteiger partial charge in [0.15, 0.2) is 16.6 Å². The van der Waals surface area contributed by atoms with E-state index in [-0.39, 0.29) is 12.0 Å². The molecule has 1 saturated carbocycles. The first-order valence-corrected chi connectivity index (χ1v) is 10.4. The molecule has 2 aliphatic rings. The summed E-state index contributed by atoms with van der Waals surface area (Å²) in [5, 5.41) is 3.40. The number of thiocarbonyl (C=S) groups is 1. The SMILES string of the molecule is CCOc1cc(/C=C2/NC(=S)N(c3ccccc3)C2=O)ccc1OC1CCCC1. The van der Waals surface area contributed by atoms with Gasteiger partial charge in [0, 0.05) is 0 Å². The van der Waals surface area contributed by atoms with Crippen LogP contribution in [0.5, 0.6) is 11.5 Å². The minimum absolute atomic E-state index is 0.176. The van der Waals surface area contributed by atoms with E-state index in [2.05, 4.69) is 5.32 Å². The Balaban J connectivity index is 1.58. The topological polar surface area (TPSA) is 50.8 Å². The largest absolute Gasteiger partial charge is 0.490 e. The Kier molecular flexibility index (Phi) is 5.81. The lowest BCUT2D eigenvalue weighted by Crippen LogP contribution is -2.30. The Hall–Kier alpha value is -2.86. The molecule has 0 aromatic heterocycles. The Bertz CT molecular complexity index is 936. The summed E-state index contributed by atoms with van der Waals surface area (Å²) >= 11 is 5.37. The van der Waals surface area contributed by atoms with Crippen molar-refractivity contribution in [2.24, 2.45) is 0 Å². The van der Waals surface area contributed by atoms with Crippen LogP contribution in [0.3, 0.4) is 0 Å². The summed E-state index contributed by atoms with van der Waals surface area (Å²) in [6.07, 6.45) is 6.65. The van der Waals surface area contributed by atoms with Crippen molar-refractivity contribution in [1.82, 2.24) is 5.32 Å². The first-order valence-electron chi connectivity index (χ1n) is 10.0. The van der Waals surface area contributed by atoms with Crippen molar-refractivity contribution < 1.29 is 14.3 Å². The second kappa shape index (κ2) is 8.66. The van der Waals surface area contributed by atoms with Crippen LogP contribution < -0.4 is 19.7 Å². The second-order valence-electron chi connectivity index (χ2n) is 7.13. The molecule has 5 nitrogen and oxygen atoms in total. The number of carbonyl (C=O) groups excluding carboxylic acids is 1. The molecule has 1 N–H and O–H groups in total. The average Bonchev–Trinajstić information content (AvgIpc) is 3.33. The molecule has 150 valence electrons. The van der Waals surface area contributed by atoms with Gasteiger partial charge in [0.2, 0.25) is 0 Å². The highest BCUT2D eigenvalue weighted by atomic mass is 32.1. The van der Waals surface area contributed by atoms with Crippen molar-refractivity contribution in [3.8, 4) is 11.5 Å². The van der Waals surface area contributed by atoms with Crippen molar-refractivity contribution in [3.05, 3.63) is 59.8 Å². The smallest absolute Gasteiger partial charge is 0.281 e. The normalized spacial score (nSPS) is 18.4. The van der Waals surface area contributed by atoms with E-state index >= 15 is 0 Å². The molecule has 0 bridgehead atoms. The van der Waals surface area contributed by atoms with Gasteiger partial charge < -0.3 is 14.8 Å². The Morgan fingerprint density at radius 3 is 2.62 bits per heavy atom. The number of rotatable bonds is 6. The van der Waals surface area contributed by atoms with Crippen molar-refractivity contribution >= 4 is 35.0 Å². The highest BCUT2D eigenvalue weighted by Gasteiger charge is 2.31. The van der Waals surface area contributed by atoms with Crippen molar-refractivity contribution in [2.75, 3.05) is 11.5 Å². The van der Waals surface area contributed by atoms with E-state index in [0.29, 0.717) is 23.2 Å². The van der Waals surface area contributed by atoms with Crippen molar-refractivity contribution in [1.29, 1.82) is 0 Å². The maximum absolute atomic E-state index is 12.9. The number of anilines is 1. The minimum Gasteiger partial charge on any atom is -0.490 e. The number of nitrogens with one attached hydrogen (secondary N) is 1. The summed E-state index contributed by atoms with van der Waals surface area (Å²) < 4.78 is 11.9. The molecule has 29 heavy (non-hydrogen) atoms. The first-order chi connectivity index (χ1) is 14.2. The fourth-order valence-corrected chi connectivity index (χ4v) is 3.98. The van der Waals surface area contributed by atoms with Crippen LogP contribution in [0.15, 0.2) is 54.2 Å². The molecular formula is C23H24N2O3S. The van der Waals surface area contributed by atoms with Gasteiger partial charge in [0.05, 0.1) is 18.4 Å². The molecule has 4 rings (SSSR count). The van der Waals surface area contributed by atoms with Gasteiger partial charge in [-0.2, -0.15) is 0 Å². The lowest BCUT2D eigenvalue weighted by molar-refractivity contribution is -0.113. The standard InChI is InChI=1S/C23H24N2O3S/c1-2-27-21-15-16(12-13-20(21)28-18-10-6-7-11-18)14-19-22(26)25(23(29)24-19)17-8-4-3-5-9-17/h3-5,8-9,12-15,18H,2,6-7,10-11H2,1H3,(H,24,29)/b19-14+. The third-order valence-corrected chi connectivity index (χ3v) is 5.35. The molecule has 1 saturated heterocycles. The number of nitrogens with zero attached hydrogens (tertiary/aromatic N) is 1. The van der Waals surface area contributed by atoms with Crippen molar-refractivity contribution in [2.45, 2.75) is 38.7 Å². The summed E-state index contributed by atoms with van der Waals surface area (Å²) in [6.45, 7) is 2.49. The van der Waals surface area contributed by atoms with Crippen LogP contribution in [-0.2, 0) is 4.79 Å². The zero-order valence-corrected chi connectivity index (χ0v) is 17.2. The molecule has 2 aromatic carbocycles. The number of amides is 1. The van der Waals surface area contributed by atoms with Gasteiger partial charge in [-0.25, -0.2) is 0 Å². The maximum atomic E-state index is 12.9. The highest BCUT2D eigenvalue weighted by Crippen LogP contribution is 2.33. The lowest BCUT2D eigenvalue weighted by Gasteiger charge is -2.17. The maximum Gasteiger partial charge on any atom is 0.281 e. The van der Waals surface area contributed by atoms with Gasteiger partial charge in [0.25, 0.3) is 5.91 Å². The molecule has 1 aliphatic heterocycles.